The van der Waals surface area contributed by atoms with Crippen molar-refractivity contribution in [1.29, 1.82) is 0 Å². The highest BCUT2D eigenvalue weighted by atomic mass is 32.2. The highest BCUT2D eigenvalue weighted by Crippen LogP contribution is 2.30. The number of carboxylic acid groups (broad SMARTS) is 1. The van der Waals surface area contributed by atoms with Crippen LogP contribution in [0.2, 0.25) is 0 Å². The third-order valence-corrected chi connectivity index (χ3v) is 5.02. The molecule has 0 saturated heterocycles. The molecule has 7 nitrogen and oxygen atoms in total. The van der Waals surface area contributed by atoms with Crippen LogP contribution in [0.1, 0.15) is 19.4 Å². The second-order valence-electron chi connectivity index (χ2n) is 5.67. The number of carbonyl (C=O) groups excluding carboxylic acids is 1. The molecule has 0 aromatic heterocycles. The molecule has 0 radical (unpaired) electrons. The van der Waals surface area contributed by atoms with Gasteiger partial charge in [0.15, 0.2) is 0 Å². The van der Waals surface area contributed by atoms with Crippen molar-refractivity contribution >= 4 is 21.9 Å². The zero-order valence-electron chi connectivity index (χ0n) is 13.6. The lowest BCUT2D eigenvalue weighted by atomic mass is 10.0. The molecule has 0 fully saturated rings. The number of alkyl halides is 3. The van der Waals surface area contributed by atoms with E-state index in [1.165, 1.54) is 20.9 Å². The van der Waals surface area contributed by atoms with Crippen LogP contribution in [0.5, 0.6) is 0 Å². The highest BCUT2D eigenvalue weighted by molar-refractivity contribution is 7.89. The zero-order valence-corrected chi connectivity index (χ0v) is 14.4. The predicted octanol–water partition coefficient (Wildman–Crippen LogP) is 1.31. The van der Waals surface area contributed by atoms with Gasteiger partial charge in [0.25, 0.3) is 0 Å². The monoisotopic (exact) mass is 382 g/mol. The lowest BCUT2D eigenvalue weighted by Crippen LogP contribution is -2.53. The Morgan fingerprint density at radius 2 is 1.80 bits per heavy atom. The summed E-state index contributed by atoms with van der Waals surface area (Å²) in [5, 5.41) is 9.03. The lowest BCUT2D eigenvalue weighted by molar-refractivity contribution is -0.154. The van der Waals surface area contributed by atoms with Crippen LogP contribution in [-0.2, 0) is 25.8 Å². The summed E-state index contributed by atoms with van der Waals surface area (Å²) in [7, 11) is -3.21. The topological polar surface area (TPSA) is 104 Å². The molecule has 1 rings (SSSR count). The maximum absolute atomic E-state index is 12.7. The van der Waals surface area contributed by atoms with Gasteiger partial charge >= 0.3 is 12.1 Å². The maximum atomic E-state index is 12.7. The van der Waals surface area contributed by atoms with E-state index in [0.29, 0.717) is 12.1 Å². The van der Waals surface area contributed by atoms with Crippen LogP contribution in [0, 0.1) is 0 Å². The summed E-state index contributed by atoms with van der Waals surface area (Å²) < 4.78 is 63.9. The number of hydrogen-bond acceptors (Lipinski definition) is 4. The van der Waals surface area contributed by atoms with Crippen molar-refractivity contribution in [3.8, 4) is 0 Å². The van der Waals surface area contributed by atoms with Gasteiger partial charge in [-0.2, -0.15) is 13.2 Å². The summed E-state index contributed by atoms with van der Waals surface area (Å²) in [6.45, 7) is 1.69. The number of hydrogen-bond donors (Lipinski definition) is 2. The molecule has 0 unspecified atom stereocenters. The minimum absolute atomic E-state index is 0.442. The first-order valence-electron chi connectivity index (χ1n) is 6.86. The predicted molar refractivity (Wildman–Crippen MR) is 81.1 cm³/mol. The van der Waals surface area contributed by atoms with Crippen LogP contribution in [0.15, 0.2) is 29.2 Å². The largest absolute Gasteiger partial charge is 0.480 e. The summed E-state index contributed by atoms with van der Waals surface area (Å²) in [6.07, 6.45) is -4.72. The first-order chi connectivity index (χ1) is 11.2. The van der Waals surface area contributed by atoms with E-state index in [1.807, 2.05) is 4.72 Å². The Morgan fingerprint density at radius 3 is 2.28 bits per heavy atom. The van der Waals surface area contributed by atoms with Crippen molar-refractivity contribution in [1.82, 2.24) is 9.62 Å². The number of carbonyl (C=O) groups is 2. The molecule has 1 aromatic carbocycles. The molecule has 1 amide bonds. The quantitative estimate of drug-likeness (QED) is 0.772. The molecule has 0 aliphatic rings. The van der Waals surface area contributed by atoms with Crippen LogP contribution in [0.3, 0.4) is 0 Å². The molecule has 0 aliphatic heterocycles. The van der Waals surface area contributed by atoms with Crippen molar-refractivity contribution in [2.24, 2.45) is 0 Å². The van der Waals surface area contributed by atoms with E-state index in [2.05, 4.69) is 0 Å². The Balaban J connectivity index is 2.93. The molecule has 140 valence electrons. The number of halogens is 3. The van der Waals surface area contributed by atoms with Crippen LogP contribution >= 0.6 is 0 Å². The molecule has 0 atom stereocenters. The number of nitrogens with one attached hydrogen (secondary N) is 1. The standard InChI is InChI=1S/C14H17F3N2O5S/c1-13(2,12(21)22)19(3)11(20)8-18-25(23,24)10-6-4-5-9(7-10)14(15,16)17/h4-7,18H,8H2,1-3H3,(H,21,22). The third kappa shape index (κ3) is 4.92. The molecule has 0 spiro atoms. The van der Waals surface area contributed by atoms with E-state index in [-0.39, 0.29) is 0 Å². The molecular weight excluding hydrogens is 365 g/mol. The van der Waals surface area contributed by atoms with E-state index in [9.17, 15) is 31.2 Å². The first-order valence-corrected chi connectivity index (χ1v) is 8.35. The van der Waals surface area contributed by atoms with E-state index in [4.69, 9.17) is 5.11 Å². The normalized spacial score (nSPS) is 12.7. The second kappa shape index (κ2) is 7.00. The number of aliphatic carboxylic acids is 1. The fourth-order valence-corrected chi connectivity index (χ4v) is 2.67. The van der Waals surface area contributed by atoms with Gasteiger partial charge in [0.2, 0.25) is 15.9 Å². The molecule has 0 aliphatic carbocycles. The molecule has 0 heterocycles. The van der Waals surface area contributed by atoms with Gasteiger partial charge in [-0.15, -0.1) is 0 Å². The molecular formula is C14H17F3N2O5S. The Morgan fingerprint density at radius 1 is 1.24 bits per heavy atom. The molecule has 2 N–H and O–H groups in total. The number of benzene rings is 1. The van der Waals surface area contributed by atoms with Crippen molar-refractivity contribution in [2.45, 2.75) is 30.5 Å². The molecule has 25 heavy (non-hydrogen) atoms. The molecule has 0 bridgehead atoms. The summed E-state index contributed by atoms with van der Waals surface area (Å²) in [5.74, 6) is -2.16. The maximum Gasteiger partial charge on any atom is 0.416 e. The van der Waals surface area contributed by atoms with Crippen molar-refractivity contribution in [3.05, 3.63) is 29.8 Å². The number of likely N-dealkylation sites (N-methyl/N-ethyl adjacent to an activating group) is 1. The van der Waals surface area contributed by atoms with E-state index in [0.717, 1.165) is 17.0 Å². The number of carboxylic acids is 1. The Hall–Kier alpha value is -2.14. The molecule has 0 saturated carbocycles. The molecule has 11 heteroatoms. The van der Waals surface area contributed by atoms with Crippen LogP contribution in [0.25, 0.3) is 0 Å². The van der Waals surface area contributed by atoms with Gasteiger partial charge in [0.1, 0.15) is 5.54 Å². The second-order valence-corrected chi connectivity index (χ2v) is 7.43. The minimum Gasteiger partial charge on any atom is -0.480 e. The smallest absolute Gasteiger partial charge is 0.416 e. The summed E-state index contributed by atoms with van der Waals surface area (Å²) in [5.41, 5.74) is -2.73. The van der Waals surface area contributed by atoms with Gasteiger partial charge in [-0.25, -0.2) is 17.9 Å². The molecule has 1 aromatic rings. The van der Waals surface area contributed by atoms with Crippen molar-refractivity contribution < 1.29 is 36.3 Å². The summed E-state index contributed by atoms with van der Waals surface area (Å²) in [4.78, 5) is 23.2. The fraction of sp³-hybridized carbons (Fsp3) is 0.429. The van der Waals surface area contributed by atoms with Gasteiger partial charge < -0.3 is 10.0 Å². The first kappa shape index (κ1) is 20.9. The van der Waals surface area contributed by atoms with Crippen LogP contribution in [-0.4, -0.2) is 49.4 Å². The lowest BCUT2D eigenvalue weighted by Gasteiger charge is -2.31. The van der Waals surface area contributed by atoms with E-state index >= 15 is 0 Å². The average Bonchev–Trinajstić information content (AvgIpc) is 2.51. The minimum atomic E-state index is -4.72. The average molecular weight is 382 g/mol. The number of nitrogens with zero attached hydrogens (tertiary/aromatic N) is 1. The van der Waals surface area contributed by atoms with Gasteiger partial charge in [0.05, 0.1) is 17.0 Å². The number of amides is 1. The van der Waals surface area contributed by atoms with E-state index in [1.54, 1.807) is 0 Å². The van der Waals surface area contributed by atoms with Gasteiger partial charge in [-0.05, 0) is 32.0 Å². The fourth-order valence-electron chi connectivity index (χ4n) is 1.65. The zero-order chi connectivity index (χ0) is 19.6. The van der Waals surface area contributed by atoms with Crippen molar-refractivity contribution in [3.63, 3.8) is 0 Å². The van der Waals surface area contributed by atoms with E-state index < -0.39 is 50.6 Å². The number of sulfonamides is 1. The van der Waals surface area contributed by atoms with Gasteiger partial charge in [-0.1, -0.05) is 6.07 Å². The highest BCUT2D eigenvalue weighted by Gasteiger charge is 2.35. The SMILES string of the molecule is CN(C(=O)CNS(=O)(=O)c1cccc(C(F)(F)F)c1)C(C)(C)C(=O)O. The Kier molecular flexibility index (Phi) is 5.85. The number of rotatable bonds is 6. The third-order valence-electron chi connectivity index (χ3n) is 3.62. The van der Waals surface area contributed by atoms with Crippen molar-refractivity contribution in [2.75, 3.05) is 13.6 Å². The van der Waals surface area contributed by atoms with Gasteiger partial charge in [-0.3, -0.25) is 4.79 Å². The Bertz CT molecular complexity index is 775. The summed E-state index contributed by atoms with van der Waals surface area (Å²) >= 11 is 0. The summed E-state index contributed by atoms with van der Waals surface area (Å²) in [6, 6.07) is 3.04. The van der Waals surface area contributed by atoms with Gasteiger partial charge in [0, 0.05) is 7.05 Å². The van der Waals surface area contributed by atoms with Crippen LogP contribution in [0.4, 0.5) is 13.2 Å². The van der Waals surface area contributed by atoms with Crippen LogP contribution < -0.4 is 4.72 Å². The Labute approximate surface area is 142 Å².